The highest BCUT2D eigenvalue weighted by molar-refractivity contribution is 5.88. The maximum atomic E-state index is 12.0. The summed E-state index contributed by atoms with van der Waals surface area (Å²) in [6.07, 6.45) is 1.03. The second kappa shape index (κ2) is 7.40. The number of amides is 1. The molecule has 1 amide bonds. The summed E-state index contributed by atoms with van der Waals surface area (Å²) < 4.78 is 10.3. The normalized spacial score (nSPS) is 20.4. The van der Waals surface area contributed by atoms with Crippen molar-refractivity contribution in [1.82, 2.24) is 5.32 Å². The van der Waals surface area contributed by atoms with E-state index in [1.165, 1.54) is 0 Å². The van der Waals surface area contributed by atoms with Crippen molar-refractivity contribution in [3.05, 3.63) is 0 Å². The Hall–Kier alpha value is -1.63. The topological polar surface area (TPSA) is 102 Å². The third kappa shape index (κ3) is 6.57. The Morgan fingerprint density at radius 1 is 1.38 bits per heavy atom. The number of ether oxygens (including phenoxy) is 2. The van der Waals surface area contributed by atoms with Crippen LogP contribution >= 0.6 is 0 Å². The minimum Gasteiger partial charge on any atom is -0.480 e. The van der Waals surface area contributed by atoms with Crippen molar-refractivity contribution in [1.29, 1.82) is 0 Å². The van der Waals surface area contributed by atoms with Gasteiger partial charge in [0, 0.05) is 6.61 Å². The average Bonchev–Trinajstić information content (AvgIpc) is 2.36. The van der Waals surface area contributed by atoms with Crippen molar-refractivity contribution in [3.63, 3.8) is 0 Å². The summed E-state index contributed by atoms with van der Waals surface area (Å²) in [6.45, 7) is 5.98. The van der Waals surface area contributed by atoms with E-state index >= 15 is 0 Å². The molecule has 0 aliphatic carbocycles. The van der Waals surface area contributed by atoms with Crippen molar-refractivity contribution in [3.8, 4) is 0 Å². The Morgan fingerprint density at radius 2 is 2.05 bits per heavy atom. The van der Waals surface area contributed by atoms with Crippen molar-refractivity contribution in [2.75, 3.05) is 13.2 Å². The lowest BCUT2D eigenvalue weighted by atomic mass is 10.0. The maximum Gasteiger partial charge on any atom is 0.326 e. The molecule has 2 atom stereocenters. The number of carbonyl (C=O) groups excluding carboxylic acids is 2. The summed E-state index contributed by atoms with van der Waals surface area (Å²) in [7, 11) is 0. The molecule has 1 fully saturated rings. The SMILES string of the molecule is CC(C)(C)OC(=O)C[C@H](NC(=O)C1CCCOC1)C(=O)O. The van der Waals surface area contributed by atoms with E-state index in [4.69, 9.17) is 14.6 Å². The quantitative estimate of drug-likeness (QED) is 0.725. The van der Waals surface area contributed by atoms with Crippen LogP contribution in [0.4, 0.5) is 0 Å². The van der Waals surface area contributed by atoms with Gasteiger partial charge in [0.05, 0.1) is 18.9 Å². The van der Waals surface area contributed by atoms with Crippen molar-refractivity contribution in [2.24, 2.45) is 5.92 Å². The Kier molecular flexibility index (Phi) is 6.14. The number of carboxylic acids is 1. The summed E-state index contributed by atoms with van der Waals surface area (Å²) >= 11 is 0. The standard InChI is InChI=1S/C14H23NO6/c1-14(2,3)21-11(16)7-10(13(18)19)15-12(17)9-5-4-6-20-8-9/h9-10H,4-8H2,1-3H3,(H,15,17)(H,18,19)/t9?,10-/m0/s1. The first-order valence-corrected chi connectivity index (χ1v) is 7.02. The summed E-state index contributed by atoms with van der Waals surface area (Å²) in [4.78, 5) is 34.8. The van der Waals surface area contributed by atoms with Crippen LogP contribution in [0, 0.1) is 5.92 Å². The first-order valence-electron chi connectivity index (χ1n) is 7.02. The fourth-order valence-electron chi connectivity index (χ4n) is 1.99. The zero-order valence-electron chi connectivity index (χ0n) is 12.7. The van der Waals surface area contributed by atoms with Gasteiger partial charge in [-0.3, -0.25) is 9.59 Å². The average molecular weight is 301 g/mol. The van der Waals surface area contributed by atoms with E-state index in [9.17, 15) is 14.4 Å². The van der Waals surface area contributed by atoms with Crippen molar-refractivity contribution >= 4 is 17.8 Å². The minimum absolute atomic E-state index is 0.282. The zero-order valence-corrected chi connectivity index (χ0v) is 12.7. The summed E-state index contributed by atoms with van der Waals surface area (Å²) in [5, 5.41) is 11.5. The first-order chi connectivity index (χ1) is 9.69. The molecule has 0 aromatic heterocycles. The van der Waals surface area contributed by atoms with E-state index in [1.807, 2.05) is 0 Å². The van der Waals surface area contributed by atoms with Crippen LogP contribution in [0.1, 0.15) is 40.0 Å². The monoisotopic (exact) mass is 301 g/mol. The molecule has 7 nitrogen and oxygen atoms in total. The number of hydrogen-bond acceptors (Lipinski definition) is 5. The molecule has 1 unspecified atom stereocenters. The van der Waals surface area contributed by atoms with Gasteiger partial charge in [-0.1, -0.05) is 0 Å². The van der Waals surface area contributed by atoms with Crippen LogP contribution in [-0.2, 0) is 23.9 Å². The number of hydrogen-bond donors (Lipinski definition) is 2. The van der Waals surface area contributed by atoms with E-state index in [0.29, 0.717) is 13.0 Å². The van der Waals surface area contributed by atoms with Gasteiger partial charge in [0.1, 0.15) is 11.6 Å². The van der Waals surface area contributed by atoms with Gasteiger partial charge in [-0.2, -0.15) is 0 Å². The molecule has 0 aromatic rings. The molecule has 1 heterocycles. The molecule has 0 bridgehead atoms. The van der Waals surface area contributed by atoms with E-state index in [-0.39, 0.29) is 12.5 Å². The van der Waals surface area contributed by atoms with Crippen LogP contribution in [0.5, 0.6) is 0 Å². The third-order valence-corrected chi connectivity index (χ3v) is 2.94. The number of carboxylic acid groups (broad SMARTS) is 1. The molecule has 7 heteroatoms. The summed E-state index contributed by atoms with van der Waals surface area (Å²) in [5.41, 5.74) is -0.693. The number of carbonyl (C=O) groups is 3. The molecular formula is C14H23NO6. The molecule has 0 radical (unpaired) electrons. The van der Waals surface area contributed by atoms with Crippen LogP contribution in [0.15, 0.2) is 0 Å². The fourth-order valence-corrected chi connectivity index (χ4v) is 1.99. The summed E-state index contributed by atoms with van der Waals surface area (Å²) in [6, 6.07) is -1.28. The predicted molar refractivity (Wildman–Crippen MR) is 73.6 cm³/mol. The second-order valence-electron chi connectivity index (χ2n) is 6.10. The van der Waals surface area contributed by atoms with Crippen LogP contribution in [-0.4, -0.2) is 47.8 Å². The highest BCUT2D eigenvalue weighted by atomic mass is 16.6. The molecule has 1 aliphatic heterocycles. The number of nitrogens with one attached hydrogen (secondary N) is 1. The Balaban J connectivity index is 2.55. The van der Waals surface area contributed by atoms with E-state index in [1.54, 1.807) is 20.8 Å². The van der Waals surface area contributed by atoms with E-state index in [2.05, 4.69) is 5.32 Å². The molecule has 0 aromatic carbocycles. The smallest absolute Gasteiger partial charge is 0.326 e. The van der Waals surface area contributed by atoms with Gasteiger partial charge in [-0.05, 0) is 33.6 Å². The fraction of sp³-hybridized carbons (Fsp3) is 0.786. The molecule has 1 aliphatic rings. The van der Waals surface area contributed by atoms with Gasteiger partial charge >= 0.3 is 11.9 Å². The lowest BCUT2D eigenvalue weighted by molar-refractivity contribution is -0.158. The molecule has 2 N–H and O–H groups in total. The number of aliphatic carboxylic acids is 1. The Labute approximate surface area is 124 Å². The predicted octanol–water partition coefficient (Wildman–Crippen LogP) is 0.714. The Morgan fingerprint density at radius 3 is 2.52 bits per heavy atom. The molecule has 0 spiro atoms. The molecule has 21 heavy (non-hydrogen) atoms. The third-order valence-electron chi connectivity index (χ3n) is 2.94. The molecule has 120 valence electrons. The number of esters is 1. The Bertz CT molecular complexity index is 395. The van der Waals surface area contributed by atoms with Gasteiger partial charge in [0.15, 0.2) is 0 Å². The maximum absolute atomic E-state index is 12.0. The van der Waals surface area contributed by atoms with E-state index < -0.39 is 35.9 Å². The van der Waals surface area contributed by atoms with Crippen LogP contribution in [0.2, 0.25) is 0 Å². The molecule has 1 rings (SSSR count). The molecular weight excluding hydrogens is 278 g/mol. The lowest BCUT2D eigenvalue weighted by Gasteiger charge is -2.24. The van der Waals surface area contributed by atoms with Crippen molar-refractivity contribution in [2.45, 2.75) is 51.7 Å². The van der Waals surface area contributed by atoms with Crippen molar-refractivity contribution < 1.29 is 29.0 Å². The molecule has 1 saturated heterocycles. The van der Waals surface area contributed by atoms with Gasteiger partial charge in [-0.15, -0.1) is 0 Å². The highest BCUT2D eigenvalue weighted by Gasteiger charge is 2.30. The lowest BCUT2D eigenvalue weighted by Crippen LogP contribution is -2.46. The van der Waals surface area contributed by atoms with Gasteiger partial charge in [0.2, 0.25) is 5.91 Å². The summed E-state index contributed by atoms with van der Waals surface area (Å²) in [5.74, 6) is -2.68. The number of rotatable bonds is 5. The molecule has 0 saturated carbocycles. The van der Waals surface area contributed by atoms with Gasteiger partial charge in [-0.25, -0.2) is 4.79 Å². The zero-order chi connectivity index (χ0) is 16.0. The van der Waals surface area contributed by atoms with Crippen LogP contribution < -0.4 is 5.32 Å². The van der Waals surface area contributed by atoms with Gasteiger partial charge < -0.3 is 19.9 Å². The van der Waals surface area contributed by atoms with Gasteiger partial charge in [0.25, 0.3) is 0 Å². The first kappa shape index (κ1) is 17.4. The van der Waals surface area contributed by atoms with Crippen LogP contribution in [0.25, 0.3) is 0 Å². The highest BCUT2D eigenvalue weighted by Crippen LogP contribution is 2.14. The van der Waals surface area contributed by atoms with E-state index in [0.717, 1.165) is 6.42 Å². The largest absolute Gasteiger partial charge is 0.480 e. The second-order valence-corrected chi connectivity index (χ2v) is 6.10. The van der Waals surface area contributed by atoms with Crippen LogP contribution in [0.3, 0.4) is 0 Å². The minimum atomic E-state index is -1.28.